The molecule has 2 aromatic carbocycles. The van der Waals surface area contributed by atoms with Crippen molar-refractivity contribution in [3.8, 4) is 23.0 Å². The van der Waals surface area contributed by atoms with Crippen molar-refractivity contribution in [2.24, 2.45) is 11.3 Å². The number of aromatic hydroxyl groups is 1. The van der Waals surface area contributed by atoms with Crippen LogP contribution in [0.2, 0.25) is 0 Å². The van der Waals surface area contributed by atoms with Crippen molar-refractivity contribution in [3.05, 3.63) is 58.2 Å². The summed E-state index contributed by atoms with van der Waals surface area (Å²) < 4.78 is 17.8. The van der Waals surface area contributed by atoms with Gasteiger partial charge in [-0.25, -0.2) is 0 Å². The molecule has 1 fully saturated rings. The fourth-order valence-corrected chi connectivity index (χ4v) is 6.04. The minimum atomic E-state index is -0.840. The number of rotatable bonds is 6. The van der Waals surface area contributed by atoms with Gasteiger partial charge < -0.3 is 29.5 Å². The van der Waals surface area contributed by atoms with Gasteiger partial charge in [0.15, 0.2) is 11.5 Å². The molecule has 2 aliphatic rings. The molecule has 4 rings (SSSR count). The Morgan fingerprint density at radius 1 is 1.00 bits per heavy atom. The summed E-state index contributed by atoms with van der Waals surface area (Å²) in [6.45, 7) is 10.1. The Morgan fingerprint density at radius 2 is 1.62 bits per heavy atom. The molecule has 0 radical (unpaired) electrons. The van der Waals surface area contributed by atoms with Gasteiger partial charge in [-0.3, -0.25) is 0 Å². The highest BCUT2D eigenvalue weighted by Crippen LogP contribution is 2.55. The van der Waals surface area contributed by atoms with E-state index in [2.05, 4.69) is 12.1 Å². The first-order valence-corrected chi connectivity index (χ1v) is 12.9. The van der Waals surface area contributed by atoms with Gasteiger partial charge in [-0.2, -0.15) is 0 Å². The maximum absolute atomic E-state index is 10.7. The summed E-state index contributed by atoms with van der Waals surface area (Å²) in [5, 5.41) is 31.9. The van der Waals surface area contributed by atoms with Crippen LogP contribution in [-0.2, 0) is 12.8 Å². The first-order chi connectivity index (χ1) is 17.4. The van der Waals surface area contributed by atoms with Crippen molar-refractivity contribution < 1.29 is 29.5 Å². The van der Waals surface area contributed by atoms with Gasteiger partial charge in [0.1, 0.15) is 17.1 Å². The van der Waals surface area contributed by atoms with Crippen LogP contribution in [0.15, 0.2) is 35.9 Å². The summed E-state index contributed by atoms with van der Waals surface area (Å²) in [5.74, 6) is 2.19. The van der Waals surface area contributed by atoms with Crippen LogP contribution in [0, 0.1) is 11.3 Å². The normalized spacial score (nSPS) is 26.1. The SMILES string of the molecule is COc1cc(C=Cc2cc3c(c(OC)c2)OC2(C)CC(O)C(O)C(C)(C)C2C3)cc(O)c1CC=C(C)C. The van der Waals surface area contributed by atoms with Crippen LogP contribution in [0.4, 0.5) is 0 Å². The van der Waals surface area contributed by atoms with E-state index >= 15 is 0 Å². The van der Waals surface area contributed by atoms with Gasteiger partial charge in [0.2, 0.25) is 0 Å². The van der Waals surface area contributed by atoms with E-state index in [1.807, 2.05) is 58.9 Å². The maximum atomic E-state index is 10.7. The van der Waals surface area contributed by atoms with E-state index in [0.717, 1.165) is 22.3 Å². The monoisotopic (exact) mass is 508 g/mol. The molecule has 0 spiro atoms. The Morgan fingerprint density at radius 3 is 2.24 bits per heavy atom. The number of benzene rings is 2. The van der Waals surface area contributed by atoms with Crippen molar-refractivity contribution >= 4 is 12.2 Å². The third-order valence-corrected chi connectivity index (χ3v) is 8.12. The highest BCUT2D eigenvalue weighted by Gasteiger charge is 2.58. The van der Waals surface area contributed by atoms with E-state index in [4.69, 9.17) is 14.2 Å². The van der Waals surface area contributed by atoms with Crippen LogP contribution in [0.3, 0.4) is 0 Å². The van der Waals surface area contributed by atoms with Gasteiger partial charge in [0.05, 0.1) is 26.4 Å². The molecule has 1 aliphatic carbocycles. The quantitative estimate of drug-likeness (QED) is 0.350. The number of ether oxygens (including phenoxy) is 3. The summed E-state index contributed by atoms with van der Waals surface area (Å²) >= 11 is 0. The number of methoxy groups -OCH3 is 2. The summed E-state index contributed by atoms with van der Waals surface area (Å²) in [4.78, 5) is 0. The van der Waals surface area contributed by atoms with E-state index in [1.54, 1.807) is 20.3 Å². The molecule has 37 heavy (non-hydrogen) atoms. The molecular weight excluding hydrogens is 468 g/mol. The van der Waals surface area contributed by atoms with E-state index < -0.39 is 23.2 Å². The van der Waals surface area contributed by atoms with Crippen LogP contribution in [-0.4, -0.2) is 47.3 Å². The number of allylic oxidation sites excluding steroid dienone is 2. The zero-order valence-electron chi connectivity index (χ0n) is 23.0. The lowest BCUT2D eigenvalue weighted by Gasteiger charge is -2.56. The number of fused-ring (bicyclic) bond motifs is 2. The minimum absolute atomic E-state index is 0.0180. The van der Waals surface area contributed by atoms with Crippen molar-refractivity contribution in [2.75, 3.05) is 14.2 Å². The van der Waals surface area contributed by atoms with E-state index in [-0.39, 0.29) is 11.7 Å². The second kappa shape index (κ2) is 10.1. The van der Waals surface area contributed by atoms with Gasteiger partial charge in [-0.1, -0.05) is 37.6 Å². The summed E-state index contributed by atoms with van der Waals surface area (Å²) in [6, 6.07) is 7.68. The molecule has 0 bridgehead atoms. The van der Waals surface area contributed by atoms with Crippen LogP contribution in [0.1, 0.15) is 63.3 Å². The molecule has 3 N–H and O–H groups in total. The number of phenolic OH excluding ortho intramolecular Hbond substituents is 1. The van der Waals surface area contributed by atoms with Crippen LogP contribution >= 0.6 is 0 Å². The van der Waals surface area contributed by atoms with Crippen LogP contribution in [0.5, 0.6) is 23.0 Å². The van der Waals surface area contributed by atoms with E-state index in [9.17, 15) is 15.3 Å². The van der Waals surface area contributed by atoms with Crippen molar-refractivity contribution in [3.63, 3.8) is 0 Å². The molecule has 4 unspecified atom stereocenters. The number of aliphatic hydroxyl groups is 2. The van der Waals surface area contributed by atoms with Gasteiger partial charge >= 0.3 is 0 Å². The maximum Gasteiger partial charge on any atom is 0.165 e. The Labute approximate surface area is 220 Å². The topological polar surface area (TPSA) is 88.4 Å². The highest BCUT2D eigenvalue weighted by molar-refractivity contribution is 5.74. The molecule has 2 aromatic rings. The van der Waals surface area contributed by atoms with Crippen molar-refractivity contribution in [2.45, 2.75) is 71.7 Å². The third-order valence-electron chi connectivity index (χ3n) is 8.12. The van der Waals surface area contributed by atoms with Crippen LogP contribution in [0.25, 0.3) is 12.2 Å². The Bertz CT molecular complexity index is 1220. The molecule has 0 amide bonds. The second-order valence-electron chi connectivity index (χ2n) is 11.5. The molecule has 6 nitrogen and oxygen atoms in total. The largest absolute Gasteiger partial charge is 0.507 e. The second-order valence-corrected chi connectivity index (χ2v) is 11.5. The van der Waals surface area contributed by atoms with Gasteiger partial charge in [-0.05, 0) is 74.6 Å². The van der Waals surface area contributed by atoms with E-state index in [0.29, 0.717) is 36.5 Å². The first-order valence-electron chi connectivity index (χ1n) is 12.9. The molecule has 4 atom stereocenters. The average molecular weight is 509 g/mol. The predicted molar refractivity (Wildman–Crippen MR) is 146 cm³/mol. The molecule has 1 aliphatic heterocycles. The Balaban J connectivity index is 1.67. The van der Waals surface area contributed by atoms with Crippen LogP contribution < -0.4 is 14.2 Å². The summed E-state index contributed by atoms with van der Waals surface area (Å²) in [7, 11) is 3.23. The molecule has 0 aromatic heterocycles. The van der Waals surface area contributed by atoms with Crippen molar-refractivity contribution in [1.82, 2.24) is 0 Å². The molecular formula is C31H40O6. The Hall–Kier alpha value is -2.96. The smallest absolute Gasteiger partial charge is 0.165 e. The fourth-order valence-electron chi connectivity index (χ4n) is 6.04. The summed E-state index contributed by atoms with van der Waals surface area (Å²) in [5.41, 5.74) is 3.57. The number of hydrogen-bond donors (Lipinski definition) is 3. The lowest BCUT2D eigenvalue weighted by Crippen LogP contribution is -2.63. The molecule has 1 heterocycles. The minimum Gasteiger partial charge on any atom is -0.507 e. The van der Waals surface area contributed by atoms with Gasteiger partial charge in [0, 0.05) is 23.3 Å². The third kappa shape index (κ3) is 5.10. The van der Waals surface area contributed by atoms with Crippen molar-refractivity contribution in [1.29, 1.82) is 0 Å². The number of phenols is 1. The number of aliphatic hydroxyl groups excluding tert-OH is 2. The molecule has 1 saturated carbocycles. The molecule has 6 heteroatoms. The lowest BCUT2D eigenvalue weighted by atomic mass is 9.57. The number of hydrogen-bond acceptors (Lipinski definition) is 6. The zero-order chi connectivity index (χ0) is 27.1. The molecule has 200 valence electrons. The van der Waals surface area contributed by atoms with Gasteiger partial charge in [-0.15, -0.1) is 0 Å². The summed E-state index contributed by atoms with van der Waals surface area (Å²) in [6.07, 6.45) is 5.99. The lowest BCUT2D eigenvalue weighted by molar-refractivity contribution is -0.187. The average Bonchev–Trinajstić information content (AvgIpc) is 2.84. The molecule has 0 saturated heterocycles. The Kier molecular flexibility index (Phi) is 7.37. The zero-order valence-corrected chi connectivity index (χ0v) is 23.0. The first kappa shape index (κ1) is 27.1. The van der Waals surface area contributed by atoms with E-state index in [1.165, 1.54) is 5.57 Å². The predicted octanol–water partition coefficient (Wildman–Crippen LogP) is 5.55. The highest BCUT2D eigenvalue weighted by atomic mass is 16.5. The van der Waals surface area contributed by atoms with Gasteiger partial charge in [0.25, 0.3) is 0 Å². The fraction of sp³-hybridized carbons (Fsp3) is 0.484. The standard InChI is InChI=1S/C31H40O6/c1-18(2)8-11-22-23(32)13-20(14-25(22)35-6)10-9-19-12-21-16-27-30(3,4)29(34)24(33)17-31(27,5)37-28(21)26(15-19)36-7/h8-10,12-15,24,27,29,32-34H,11,16-17H2,1-7H3.